The number of aromatic nitrogens is 1. The van der Waals surface area contributed by atoms with E-state index in [1.54, 1.807) is 17.0 Å². The van der Waals surface area contributed by atoms with Gasteiger partial charge in [0.05, 0.1) is 17.9 Å². The molecule has 0 aliphatic carbocycles. The van der Waals surface area contributed by atoms with E-state index in [4.69, 9.17) is 4.74 Å². The molecular formula is C23H25N3O4. The molecule has 7 nitrogen and oxygen atoms in total. The molecule has 0 N–H and O–H groups in total. The molecule has 156 valence electrons. The van der Waals surface area contributed by atoms with Crippen LogP contribution in [0.25, 0.3) is 0 Å². The van der Waals surface area contributed by atoms with Crippen molar-refractivity contribution in [2.45, 2.75) is 32.7 Å². The number of ketones is 1. The van der Waals surface area contributed by atoms with E-state index < -0.39 is 6.09 Å². The molecule has 1 aromatic heterocycles. The first kappa shape index (κ1) is 20.1. The predicted molar refractivity (Wildman–Crippen MR) is 112 cm³/mol. The van der Waals surface area contributed by atoms with Gasteiger partial charge in [-0.3, -0.25) is 14.5 Å². The van der Waals surface area contributed by atoms with Gasteiger partial charge in [-0.2, -0.15) is 0 Å². The summed E-state index contributed by atoms with van der Waals surface area (Å²) >= 11 is 0. The molecule has 0 radical (unpaired) electrons. The van der Waals surface area contributed by atoms with Gasteiger partial charge in [0.15, 0.2) is 5.78 Å². The first-order chi connectivity index (χ1) is 14.4. The maximum atomic E-state index is 12.8. The van der Waals surface area contributed by atoms with Crippen LogP contribution < -0.4 is 4.90 Å². The summed E-state index contributed by atoms with van der Waals surface area (Å²) < 4.78 is 5.03. The van der Waals surface area contributed by atoms with Gasteiger partial charge in [0.1, 0.15) is 12.3 Å². The summed E-state index contributed by atoms with van der Waals surface area (Å²) in [5.41, 5.74) is 2.81. The van der Waals surface area contributed by atoms with Gasteiger partial charge in [-0.05, 0) is 38.8 Å². The second-order valence-corrected chi connectivity index (χ2v) is 7.99. The normalized spacial score (nSPS) is 19.7. The summed E-state index contributed by atoms with van der Waals surface area (Å²) in [4.78, 5) is 44.9. The van der Waals surface area contributed by atoms with Gasteiger partial charge in [0, 0.05) is 24.6 Å². The molecule has 3 heterocycles. The highest BCUT2D eigenvalue weighted by molar-refractivity contribution is 5.98. The SMILES string of the molecule is Cc1ccc(C(=O)C2CCN(C(=O)c3ccc(N4C(=O)OC[C@H]4C)cn3)CC2)cc1. The summed E-state index contributed by atoms with van der Waals surface area (Å²) in [7, 11) is 0. The third-order valence-electron chi connectivity index (χ3n) is 5.82. The average Bonchev–Trinajstić information content (AvgIpc) is 3.11. The van der Waals surface area contributed by atoms with E-state index in [1.165, 1.54) is 11.1 Å². The fourth-order valence-corrected chi connectivity index (χ4v) is 3.99. The van der Waals surface area contributed by atoms with Crippen molar-refractivity contribution >= 4 is 23.5 Å². The Bertz CT molecular complexity index is 947. The topological polar surface area (TPSA) is 79.8 Å². The first-order valence-electron chi connectivity index (χ1n) is 10.3. The van der Waals surface area contributed by atoms with E-state index in [2.05, 4.69) is 4.98 Å². The Morgan fingerprint density at radius 2 is 1.77 bits per heavy atom. The van der Waals surface area contributed by atoms with Crippen LogP contribution in [0, 0.1) is 12.8 Å². The Morgan fingerprint density at radius 1 is 1.07 bits per heavy atom. The number of rotatable bonds is 4. The molecule has 30 heavy (non-hydrogen) atoms. The fourth-order valence-electron chi connectivity index (χ4n) is 3.99. The number of carbonyl (C=O) groups excluding carboxylic acids is 3. The monoisotopic (exact) mass is 407 g/mol. The predicted octanol–water partition coefficient (Wildman–Crippen LogP) is 3.47. The lowest BCUT2D eigenvalue weighted by Gasteiger charge is -2.31. The van der Waals surface area contributed by atoms with E-state index in [0.717, 1.165) is 11.1 Å². The smallest absolute Gasteiger partial charge is 0.414 e. The molecule has 2 amide bonds. The van der Waals surface area contributed by atoms with Crippen molar-refractivity contribution in [3.8, 4) is 0 Å². The number of benzene rings is 1. The molecular weight excluding hydrogens is 382 g/mol. The molecule has 0 saturated carbocycles. The number of Topliss-reactive ketones (excluding diaryl/α,β-unsaturated/α-hetero) is 1. The minimum atomic E-state index is -0.399. The highest BCUT2D eigenvalue weighted by Crippen LogP contribution is 2.25. The molecule has 2 saturated heterocycles. The van der Waals surface area contributed by atoms with Crippen LogP contribution in [0.5, 0.6) is 0 Å². The summed E-state index contributed by atoms with van der Waals surface area (Å²) in [6.45, 7) is 5.29. The van der Waals surface area contributed by atoms with Crippen LogP contribution in [0.2, 0.25) is 0 Å². The zero-order chi connectivity index (χ0) is 21.3. The highest BCUT2D eigenvalue weighted by Gasteiger charge is 2.32. The summed E-state index contributed by atoms with van der Waals surface area (Å²) in [5, 5.41) is 0. The van der Waals surface area contributed by atoms with E-state index in [1.807, 2.05) is 38.1 Å². The minimum absolute atomic E-state index is 0.0604. The van der Waals surface area contributed by atoms with E-state index >= 15 is 0 Å². The van der Waals surface area contributed by atoms with Crippen LogP contribution in [0.4, 0.5) is 10.5 Å². The van der Waals surface area contributed by atoms with E-state index in [-0.39, 0.29) is 23.7 Å². The minimum Gasteiger partial charge on any atom is -0.447 e. The maximum absolute atomic E-state index is 12.8. The number of amides is 2. The summed E-state index contributed by atoms with van der Waals surface area (Å²) in [5.74, 6) is -0.0641. The Labute approximate surface area is 175 Å². The van der Waals surface area contributed by atoms with Crippen LogP contribution >= 0.6 is 0 Å². The molecule has 7 heteroatoms. The zero-order valence-corrected chi connectivity index (χ0v) is 17.2. The molecule has 1 aromatic carbocycles. The van der Waals surface area contributed by atoms with Crippen LogP contribution in [0.1, 0.15) is 46.2 Å². The number of pyridine rings is 1. The number of carbonyl (C=O) groups is 3. The van der Waals surface area contributed by atoms with Gasteiger partial charge in [0.25, 0.3) is 5.91 Å². The summed E-state index contributed by atoms with van der Waals surface area (Å²) in [6, 6.07) is 10.9. The van der Waals surface area contributed by atoms with Crippen molar-refractivity contribution in [1.29, 1.82) is 0 Å². The summed E-state index contributed by atoms with van der Waals surface area (Å²) in [6.07, 6.45) is 2.43. The maximum Gasteiger partial charge on any atom is 0.414 e. The third kappa shape index (κ3) is 3.92. The lowest BCUT2D eigenvalue weighted by Crippen LogP contribution is -2.40. The number of nitrogens with zero attached hydrogens (tertiary/aromatic N) is 3. The van der Waals surface area contributed by atoms with Crippen LogP contribution in [0.15, 0.2) is 42.6 Å². The Kier molecular flexibility index (Phi) is 5.53. The number of likely N-dealkylation sites (tertiary alicyclic amines) is 1. The quantitative estimate of drug-likeness (QED) is 0.725. The number of hydrogen-bond acceptors (Lipinski definition) is 5. The zero-order valence-electron chi connectivity index (χ0n) is 17.2. The van der Waals surface area contributed by atoms with E-state index in [0.29, 0.717) is 43.9 Å². The van der Waals surface area contributed by atoms with Crippen LogP contribution in [0.3, 0.4) is 0 Å². The van der Waals surface area contributed by atoms with E-state index in [9.17, 15) is 14.4 Å². The Balaban J connectivity index is 1.36. The Hall–Kier alpha value is -3.22. The number of piperidine rings is 1. The number of hydrogen-bond donors (Lipinski definition) is 0. The standard InChI is InChI=1S/C23H25N3O4/c1-15-3-5-17(6-4-15)21(27)18-9-11-25(12-10-18)22(28)20-8-7-19(13-24-20)26-16(2)14-30-23(26)29/h3-8,13,16,18H,9-12,14H2,1-2H3/t16-/m1/s1. The number of aryl methyl sites for hydroxylation is 1. The molecule has 2 aliphatic heterocycles. The van der Waals surface area contributed by atoms with Gasteiger partial charge >= 0.3 is 6.09 Å². The molecule has 1 atom stereocenters. The largest absolute Gasteiger partial charge is 0.447 e. The van der Waals surface area contributed by atoms with Gasteiger partial charge < -0.3 is 9.64 Å². The van der Waals surface area contributed by atoms with Gasteiger partial charge in [0.2, 0.25) is 0 Å². The van der Waals surface area contributed by atoms with Crippen LogP contribution in [-0.4, -0.2) is 53.4 Å². The van der Waals surface area contributed by atoms with Crippen molar-refractivity contribution in [1.82, 2.24) is 9.88 Å². The second-order valence-electron chi connectivity index (χ2n) is 7.99. The van der Waals surface area contributed by atoms with Crippen molar-refractivity contribution < 1.29 is 19.1 Å². The molecule has 2 aromatic rings. The number of anilines is 1. The number of cyclic esters (lactones) is 1. The van der Waals surface area contributed by atoms with Gasteiger partial charge in [-0.25, -0.2) is 9.78 Å². The van der Waals surface area contributed by atoms with Crippen molar-refractivity contribution in [2.75, 3.05) is 24.6 Å². The molecule has 2 aliphatic rings. The lowest BCUT2D eigenvalue weighted by atomic mass is 9.88. The van der Waals surface area contributed by atoms with Crippen molar-refractivity contribution in [2.24, 2.45) is 5.92 Å². The highest BCUT2D eigenvalue weighted by atomic mass is 16.6. The lowest BCUT2D eigenvalue weighted by molar-refractivity contribution is 0.0645. The van der Waals surface area contributed by atoms with Gasteiger partial charge in [-0.1, -0.05) is 29.8 Å². The molecule has 2 fully saturated rings. The number of ether oxygens (including phenoxy) is 1. The molecule has 0 unspecified atom stereocenters. The van der Waals surface area contributed by atoms with Crippen molar-refractivity contribution in [3.63, 3.8) is 0 Å². The average molecular weight is 407 g/mol. The van der Waals surface area contributed by atoms with Gasteiger partial charge in [-0.15, -0.1) is 0 Å². The third-order valence-corrected chi connectivity index (χ3v) is 5.82. The molecule has 0 bridgehead atoms. The van der Waals surface area contributed by atoms with Crippen molar-refractivity contribution in [3.05, 3.63) is 59.4 Å². The molecule has 0 spiro atoms. The van der Waals surface area contributed by atoms with Crippen LogP contribution in [-0.2, 0) is 4.74 Å². The second kappa shape index (κ2) is 8.26. The fraction of sp³-hybridized carbons (Fsp3) is 0.391. The first-order valence-corrected chi connectivity index (χ1v) is 10.3. The molecule has 4 rings (SSSR count). The Morgan fingerprint density at radius 3 is 2.33 bits per heavy atom.